The molecule has 3 heterocycles. The number of urea groups is 1. The van der Waals surface area contributed by atoms with Crippen LogP contribution in [0, 0.1) is 6.92 Å². The summed E-state index contributed by atoms with van der Waals surface area (Å²) in [6, 6.07) is 7.86. The van der Waals surface area contributed by atoms with E-state index in [2.05, 4.69) is 5.32 Å². The molecule has 0 aromatic heterocycles. The van der Waals surface area contributed by atoms with Gasteiger partial charge in [0.2, 0.25) is 11.8 Å². The van der Waals surface area contributed by atoms with Crippen molar-refractivity contribution in [3.05, 3.63) is 29.8 Å². The lowest BCUT2D eigenvalue weighted by molar-refractivity contribution is -0.142. The van der Waals surface area contributed by atoms with Gasteiger partial charge in [0.05, 0.1) is 0 Å². The van der Waals surface area contributed by atoms with E-state index in [1.807, 2.05) is 36.1 Å². The first-order valence-electron chi connectivity index (χ1n) is 9.04. The Labute approximate surface area is 147 Å². The molecule has 0 radical (unpaired) electrons. The number of benzene rings is 1. The fourth-order valence-corrected chi connectivity index (χ4v) is 4.52. The van der Waals surface area contributed by atoms with E-state index in [-0.39, 0.29) is 36.0 Å². The summed E-state index contributed by atoms with van der Waals surface area (Å²) >= 11 is 0. The minimum absolute atomic E-state index is 0.0385. The van der Waals surface area contributed by atoms with Crippen LogP contribution in [-0.2, 0) is 9.59 Å². The van der Waals surface area contributed by atoms with Crippen LogP contribution in [0.15, 0.2) is 24.3 Å². The number of nitrogens with one attached hydrogen (secondary N) is 1. The number of anilines is 1. The van der Waals surface area contributed by atoms with Crippen LogP contribution >= 0.6 is 0 Å². The second-order valence-electron chi connectivity index (χ2n) is 7.37. The summed E-state index contributed by atoms with van der Waals surface area (Å²) in [5.41, 5.74) is 1.95. The number of nitrogens with zero attached hydrogens (tertiary/aromatic N) is 2. The summed E-state index contributed by atoms with van der Waals surface area (Å²) in [4.78, 5) is 40.2. The molecule has 3 fully saturated rings. The van der Waals surface area contributed by atoms with Crippen molar-refractivity contribution in [2.45, 2.75) is 63.6 Å². The van der Waals surface area contributed by atoms with Crippen molar-refractivity contribution in [3.63, 3.8) is 0 Å². The molecule has 4 amide bonds. The van der Waals surface area contributed by atoms with Gasteiger partial charge in [0, 0.05) is 36.7 Å². The summed E-state index contributed by atoms with van der Waals surface area (Å²) < 4.78 is 0. The van der Waals surface area contributed by atoms with E-state index in [1.54, 1.807) is 0 Å². The molecule has 1 N–H and O–H groups in total. The van der Waals surface area contributed by atoms with Crippen LogP contribution in [0.25, 0.3) is 0 Å². The quantitative estimate of drug-likeness (QED) is 0.841. The van der Waals surface area contributed by atoms with Crippen molar-refractivity contribution < 1.29 is 14.4 Å². The summed E-state index contributed by atoms with van der Waals surface area (Å²) in [5.74, 6) is -0.0982. The van der Waals surface area contributed by atoms with Crippen LogP contribution < -0.4 is 5.32 Å². The molecular formula is C19H23N3O3. The van der Waals surface area contributed by atoms with E-state index in [0.717, 1.165) is 24.1 Å². The number of hydrogen-bond acceptors (Lipinski definition) is 3. The first kappa shape index (κ1) is 16.1. The number of aryl methyl sites for hydroxylation is 1. The fraction of sp³-hybridized carbons (Fsp3) is 0.526. The van der Waals surface area contributed by atoms with E-state index in [0.29, 0.717) is 25.7 Å². The number of piperidine rings is 1. The van der Waals surface area contributed by atoms with Crippen LogP contribution in [0.1, 0.15) is 44.1 Å². The van der Waals surface area contributed by atoms with Gasteiger partial charge < -0.3 is 10.2 Å². The Kier molecular flexibility index (Phi) is 3.98. The number of fused-ring (bicyclic) bond motifs is 2. The van der Waals surface area contributed by atoms with Crippen LogP contribution in [0.4, 0.5) is 10.5 Å². The maximum absolute atomic E-state index is 12.7. The molecule has 2 bridgehead atoms. The highest BCUT2D eigenvalue weighted by atomic mass is 16.2. The van der Waals surface area contributed by atoms with Gasteiger partial charge in [-0.25, -0.2) is 4.79 Å². The van der Waals surface area contributed by atoms with Gasteiger partial charge in [-0.05, 0) is 44.7 Å². The molecular weight excluding hydrogens is 318 g/mol. The Morgan fingerprint density at radius 2 is 1.52 bits per heavy atom. The second kappa shape index (κ2) is 6.17. The lowest BCUT2D eigenvalue weighted by Gasteiger charge is -2.41. The lowest BCUT2D eigenvalue weighted by atomic mass is 9.96. The highest BCUT2D eigenvalue weighted by Gasteiger charge is 2.47. The van der Waals surface area contributed by atoms with Crippen LogP contribution in [0.5, 0.6) is 0 Å². The van der Waals surface area contributed by atoms with E-state index in [4.69, 9.17) is 0 Å². The maximum Gasteiger partial charge on any atom is 0.322 e. The smallest absolute Gasteiger partial charge is 0.318 e. The molecule has 3 aliphatic rings. The molecule has 0 aliphatic carbocycles. The van der Waals surface area contributed by atoms with E-state index < -0.39 is 0 Å². The van der Waals surface area contributed by atoms with Gasteiger partial charge in [0.25, 0.3) is 0 Å². The van der Waals surface area contributed by atoms with Crippen LogP contribution in [0.3, 0.4) is 0 Å². The molecule has 1 aromatic carbocycles. The van der Waals surface area contributed by atoms with Gasteiger partial charge in [-0.2, -0.15) is 0 Å². The average molecular weight is 341 g/mol. The normalized spacial score (nSPS) is 28.6. The number of hydrogen-bond donors (Lipinski definition) is 1. The first-order valence-corrected chi connectivity index (χ1v) is 9.04. The zero-order valence-electron chi connectivity index (χ0n) is 14.4. The molecule has 0 spiro atoms. The van der Waals surface area contributed by atoms with Crippen LogP contribution in [0.2, 0.25) is 0 Å². The number of carbonyl (C=O) groups excluding carboxylic acids is 3. The zero-order chi connectivity index (χ0) is 17.6. The van der Waals surface area contributed by atoms with E-state index in [1.165, 1.54) is 4.90 Å². The summed E-state index contributed by atoms with van der Waals surface area (Å²) in [6.07, 6.45) is 3.96. The third kappa shape index (κ3) is 2.90. The van der Waals surface area contributed by atoms with Crippen molar-refractivity contribution in [2.24, 2.45) is 0 Å². The van der Waals surface area contributed by atoms with E-state index in [9.17, 15) is 14.4 Å². The summed E-state index contributed by atoms with van der Waals surface area (Å²) in [7, 11) is 0. The number of carbonyl (C=O) groups is 3. The molecule has 25 heavy (non-hydrogen) atoms. The Morgan fingerprint density at radius 1 is 0.960 bits per heavy atom. The number of amides is 4. The molecule has 6 nitrogen and oxygen atoms in total. The largest absolute Gasteiger partial charge is 0.322 e. The molecule has 1 aromatic rings. The van der Waals surface area contributed by atoms with Crippen LogP contribution in [-0.4, -0.2) is 45.8 Å². The SMILES string of the molecule is Cc1ccc(NC(=O)N2C3CCC2CC(N2C(=O)CCC2=O)C3)cc1. The van der Waals surface area contributed by atoms with Gasteiger partial charge >= 0.3 is 6.03 Å². The van der Waals surface area contributed by atoms with Gasteiger partial charge in [-0.15, -0.1) is 0 Å². The summed E-state index contributed by atoms with van der Waals surface area (Å²) in [6.45, 7) is 2.01. The van der Waals surface area contributed by atoms with Crippen molar-refractivity contribution in [2.75, 3.05) is 5.32 Å². The third-order valence-electron chi connectivity index (χ3n) is 5.70. The fourth-order valence-electron chi connectivity index (χ4n) is 4.52. The van der Waals surface area contributed by atoms with Gasteiger partial charge in [0.1, 0.15) is 0 Å². The predicted molar refractivity (Wildman–Crippen MR) is 93.0 cm³/mol. The second-order valence-corrected chi connectivity index (χ2v) is 7.37. The Bertz CT molecular complexity index is 685. The van der Waals surface area contributed by atoms with Gasteiger partial charge in [-0.3, -0.25) is 14.5 Å². The molecule has 2 atom stereocenters. The lowest BCUT2D eigenvalue weighted by Crippen LogP contribution is -2.54. The first-order chi connectivity index (χ1) is 12.0. The Morgan fingerprint density at radius 3 is 2.08 bits per heavy atom. The third-order valence-corrected chi connectivity index (χ3v) is 5.70. The molecule has 3 saturated heterocycles. The number of imide groups is 1. The average Bonchev–Trinajstić information content (AvgIpc) is 3.06. The van der Waals surface area contributed by atoms with Gasteiger partial charge in [0.15, 0.2) is 0 Å². The zero-order valence-corrected chi connectivity index (χ0v) is 14.4. The highest BCUT2D eigenvalue weighted by molar-refractivity contribution is 6.02. The van der Waals surface area contributed by atoms with Crippen molar-refractivity contribution in [1.82, 2.24) is 9.80 Å². The van der Waals surface area contributed by atoms with Gasteiger partial charge in [-0.1, -0.05) is 17.7 Å². The maximum atomic E-state index is 12.7. The molecule has 3 aliphatic heterocycles. The number of likely N-dealkylation sites (tertiary alicyclic amines) is 1. The summed E-state index contributed by atoms with van der Waals surface area (Å²) in [5, 5.41) is 2.98. The topological polar surface area (TPSA) is 69.7 Å². The van der Waals surface area contributed by atoms with Crippen molar-refractivity contribution in [1.29, 1.82) is 0 Å². The minimum atomic E-state index is -0.0751. The predicted octanol–water partition coefficient (Wildman–Crippen LogP) is 2.67. The molecule has 6 heteroatoms. The number of rotatable bonds is 2. The Hall–Kier alpha value is -2.37. The monoisotopic (exact) mass is 341 g/mol. The highest BCUT2D eigenvalue weighted by Crippen LogP contribution is 2.39. The van der Waals surface area contributed by atoms with Crippen molar-refractivity contribution in [3.8, 4) is 0 Å². The molecule has 132 valence electrons. The molecule has 2 unspecified atom stereocenters. The van der Waals surface area contributed by atoms with Crippen molar-refractivity contribution >= 4 is 23.5 Å². The Balaban J connectivity index is 1.45. The van der Waals surface area contributed by atoms with E-state index >= 15 is 0 Å². The molecule has 0 saturated carbocycles. The standard InChI is InChI=1S/C19H23N3O3/c1-12-2-4-13(5-3-12)20-19(25)21-14-6-7-15(21)11-16(10-14)22-17(23)8-9-18(22)24/h2-5,14-16H,6-11H2,1H3,(H,20,25). The molecule has 4 rings (SSSR count). The minimum Gasteiger partial charge on any atom is -0.318 e.